The molecule has 1 N–H and O–H groups in total. The lowest BCUT2D eigenvalue weighted by molar-refractivity contribution is -0.0978. The fourth-order valence-corrected chi connectivity index (χ4v) is 2.87. The van der Waals surface area contributed by atoms with E-state index in [0.717, 1.165) is 16.5 Å². The van der Waals surface area contributed by atoms with Crippen molar-refractivity contribution in [3.8, 4) is 17.1 Å². The SMILES string of the molecule is COc1ccc(Br)c(-c2nnn(CC3(O)CCCOC3)n2)c1. The summed E-state index contributed by atoms with van der Waals surface area (Å²) in [5.41, 5.74) is -0.139. The second-order valence-corrected chi connectivity index (χ2v) is 6.22. The third kappa shape index (κ3) is 3.29. The van der Waals surface area contributed by atoms with Crippen molar-refractivity contribution < 1.29 is 14.6 Å². The van der Waals surface area contributed by atoms with Gasteiger partial charge < -0.3 is 14.6 Å². The second kappa shape index (κ2) is 6.31. The monoisotopic (exact) mass is 368 g/mol. The summed E-state index contributed by atoms with van der Waals surface area (Å²) in [7, 11) is 1.61. The highest BCUT2D eigenvalue weighted by Crippen LogP contribution is 2.29. The normalized spacial score (nSPS) is 21.8. The van der Waals surface area contributed by atoms with Gasteiger partial charge in [-0.2, -0.15) is 4.80 Å². The van der Waals surface area contributed by atoms with Crippen molar-refractivity contribution in [3.05, 3.63) is 22.7 Å². The Morgan fingerprint density at radius 1 is 1.50 bits per heavy atom. The lowest BCUT2D eigenvalue weighted by Crippen LogP contribution is -2.43. The van der Waals surface area contributed by atoms with Crippen LogP contribution >= 0.6 is 15.9 Å². The van der Waals surface area contributed by atoms with E-state index in [-0.39, 0.29) is 6.54 Å². The van der Waals surface area contributed by atoms with Gasteiger partial charge in [0.2, 0.25) is 5.82 Å². The average Bonchev–Trinajstić information content (AvgIpc) is 2.96. The van der Waals surface area contributed by atoms with E-state index in [9.17, 15) is 5.11 Å². The Kier molecular flexibility index (Phi) is 4.42. The van der Waals surface area contributed by atoms with Gasteiger partial charge in [-0.3, -0.25) is 0 Å². The highest BCUT2D eigenvalue weighted by Gasteiger charge is 2.31. The molecule has 0 amide bonds. The minimum Gasteiger partial charge on any atom is -0.497 e. The summed E-state index contributed by atoms with van der Waals surface area (Å²) < 4.78 is 11.4. The number of nitrogens with zero attached hydrogens (tertiary/aromatic N) is 4. The Hall–Kier alpha value is -1.51. The highest BCUT2D eigenvalue weighted by atomic mass is 79.9. The number of aromatic nitrogens is 4. The van der Waals surface area contributed by atoms with Crippen LogP contribution in [0.15, 0.2) is 22.7 Å². The van der Waals surface area contributed by atoms with E-state index in [2.05, 4.69) is 31.3 Å². The van der Waals surface area contributed by atoms with Crippen LogP contribution in [0.1, 0.15) is 12.8 Å². The zero-order valence-electron chi connectivity index (χ0n) is 12.2. The van der Waals surface area contributed by atoms with Crippen molar-refractivity contribution in [1.82, 2.24) is 20.2 Å². The molecule has 1 atom stereocenters. The van der Waals surface area contributed by atoms with E-state index in [0.29, 0.717) is 31.2 Å². The Bertz CT molecular complexity index is 655. The molecule has 0 saturated carbocycles. The average molecular weight is 369 g/mol. The Balaban J connectivity index is 1.81. The van der Waals surface area contributed by atoms with E-state index >= 15 is 0 Å². The molecule has 1 aromatic carbocycles. The van der Waals surface area contributed by atoms with Crippen molar-refractivity contribution in [2.24, 2.45) is 0 Å². The molecule has 22 heavy (non-hydrogen) atoms. The van der Waals surface area contributed by atoms with Crippen LogP contribution in [0, 0.1) is 0 Å². The number of halogens is 1. The summed E-state index contributed by atoms with van der Waals surface area (Å²) in [5.74, 6) is 1.19. The molecule has 2 heterocycles. The largest absolute Gasteiger partial charge is 0.497 e. The first-order chi connectivity index (χ1) is 10.6. The predicted octanol–water partition coefficient (Wildman–Crippen LogP) is 1.65. The summed E-state index contributed by atoms with van der Waals surface area (Å²) in [6, 6.07) is 5.56. The van der Waals surface area contributed by atoms with Crippen LogP contribution in [0.5, 0.6) is 5.75 Å². The molecule has 3 rings (SSSR count). The molecule has 0 bridgehead atoms. The summed E-state index contributed by atoms with van der Waals surface area (Å²) in [4.78, 5) is 1.41. The molecular weight excluding hydrogens is 352 g/mol. The van der Waals surface area contributed by atoms with Crippen molar-refractivity contribution in [2.45, 2.75) is 25.0 Å². The third-order valence-corrected chi connectivity index (χ3v) is 4.30. The van der Waals surface area contributed by atoms with Gasteiger partial charge in [-0.1, -0.05) is 15.9 Å². The van der Waals surface area contributed by atoms with Gasteiger partial charge in [0.15, 0.2) is 0 Å². The molecule has 7 nitrogen and oxygen atoms in total. The van der Waals surface area contributed by atoms with Crippen LogP contribution in [0.4, 0.5) is 0 Å². The van der Waals surface area contributed by atoms with Gasteiger partial charge in [-0.25, -0.2) is 0 Å². The lowest BCUT2D eigenvalue weighted by atomic mass is 9.97. The van der Waals surface area contributed by atoms with Gasteiger partial charge in [-0.05, 0) is 36.3 Å². The van der Waals surface area contributed by atoms with Crippen LogP contribution in [0.3, 0.4) is 0 Å². The van der Waals surface area contributed by atoms with E-state index in [1.165, 1.54) is 4.80 Å². The van der Waals surface area contributed by atoms with Gasteiger partial charge in [-0.15, -0.1) is 10.2 Å². The maximum absolute atomic E-state index is 10.5. The van der Waals surface area contributed by atoms with Gasteiger partial charge in [0.25, 0.3) is 0 Å². The summed E-state index contributed by atoms with van der Waals surface area (Å²) in [6.45, 7) is 1.25. The van der Waals surface area contributed by atoms with Crippen LogP contribution in [-0.2, 0) is 11.3 Å². The molecule has 2 aromatic rings. The van der Waals surface area contributed by atoms with E-state index in [1.54, 1.807) is 7.11 Å². The van der Waals surface area contributed by atoms with E-state index < -0.39 is 5.60 Å². The fraction of sp³-hybridized carbons (Fsp3) is 0.500. The van der Waals surface area contributed by atoms with Crippen LogP contribution in [0.2, 0.25) is 0 Å². The van der Waals surface area contributed by atoms with Crippen molar-refractivity contribution >= 4 is 15.9 Å². The van der Waals surface area contributed by atoms with Gasteiger partial charge in [0, 0.05) is 16.6 Å². The minimum atomic E-state index is -0.929. The Labute approximate surface area is 136 Å². The number of benzene rings is 1. The molecular formula is C14H17BrN4O3. The molecule has 0 spiro atoms. The Morgan fingerprint density at radius 3 is 3.09 bits per heavy atom. The summed E-state index contributed by atoms with van der Waals surface area (Å²) >= 11 is 3.47. The number of tetrazole rings is 1. The number of aliphatic hydroxyl groups is 1. The number of methoxy groups -OCH3 is 1. The van der Waals surface area contributed by atoms with Crippen molar-refractivity contribution in [1.29, 1.82) is 0 Å². The van der Waals surface area contributed by atoms with Crippen molar-refractivity contribution in [2.75, 3.05) is 20.3 Å². The first kappa shape index (κ1) is 15.4. The highest BCUT2D eigenvalue weighted by molar-refractivity contribution is 9.10. The number of rotatable bonds is 4. The standard InChI is InChI=1S/C14H17BrN4O3/c1-21-10-3-4-12(15)11(7-10)13-16-18-19(17-13)8-14(20)5-2-6-22-9-14/h3-4,7,20H,2,5-6,8-9H2,1H3. The number of hydrogen-bond acceptors (Lipinski definition) is 6. The third-order valence-electron chi connectivity index (χ3n) is 3.60. The summed E-state index contributed by atoms with van der Waals surface area (Å²) in [6.07, 6.45) is 1.51. The first-order valence-electron chi connectivity index (χ1n) is 7.01. The van der Waals surface area contributed by atoms with Crippen molar-refractivity contribution in [3.63, 3.8) is 0 Å². The topological polar surface area (TPSA) is 82.3 Å². The zero-order chi connectivity index (χ0) is 15.6. The molecule has 1 fully saturated rings. The van der Waals surface area contributed by atoms with Gasteiger partial charge in [0.05, 0.1) is 20.3 Å². The maximum atomic E-state index is 10.5. The molecule has 1 unspecified atom stereocenters. The Morgan fingerprint density at radius 2 is 2.36 bits per heavy atom. The zero-order valence-corrected chi connectivity index (χ0v) is 13.8. The molecule has 1 saturated heterocycles. The molecule has 0 aliphatic carbocycles. The molecule has 118 valence electrons. The van der Waals surface area contributed by atoms with Crippen LogP contribution in [0.25, 0.3) is 11.4 Å². The van der Waals surface area contributed by atoms with E-state index in [1.807, 2.05) is 18.2 Å². The molecule has 1 aliphatic rings. The van der Waals surface area contributed by atoms with Crippen LogP contribution < -0.4 is 4.74 Å². The molecule has 1 aromatic heterocycles. The van der Waals surface area contributed by atoms with Gasteiger partial charge >= 0.3 is 0 Å². The van der Waals surface area contributed by atoms with Crippen LogP contribution in [-0.4, -0.2) is 51.2 Å². The smallest absolute Gasteiger partial charge is 0.206 e. The molecule has 1 aliphatic heterocycles. The predicted molar refractivity (Wildman–Crippen MR) is 82.5 cm³/mol. The second-order valence-electron chi connectivity index (χ2n) is 5.37. The number of ether oxygens (including phenoxy) is 2. The summed E-state index contributed by atoms with van der Waals surface area (Å²) in [5, 5.41) is 22.9. The lowest BCUT2D eigenvalue weighted by Gasteiger charge is -2.30. The quantitative estimate of drug-likeness (QED) is 0.883. The first-order valence-corrected chi connectivity index (χ1v) is 7.81. The molecule has 8 heteroatoms. The van der Waals surface area contributed by atoms with E-state index in [4.69, 9.17) is 9.47 Å². The number of hydrogen-bond donors (Lipinski definition) is 1. The maximum Gasteiger partial charge on any atom is 0.206 e. The van der Waals surface area contributed by atoms with Gasteiger partial charge in [0.1, 0.15) is 11.4 Å². The minimum absolute atomic E-state index is 0.265. The molecule has 0 radical (unpaired) electrons. The fourth-order valence-electron chi connectivity index (χ4n) is 2.45.